The monoisotopic (exact) mass is 262 g/mol. The van der Waals surface area contributed by atoms with Gasteiger partial charge in [-0.15, -0.1) is 11.3 Å². The van der Waals surface area contributed by atoms with Gasteiger partial charge >= 0.3 is 0 Å². The fourth-order valence-corrected chi connectivity index (χ4v) is 2.67. The second-order valence-electron chi connectivity index (χ2n) is 4.07. The molecule has 0 amide bonds. The Kier molecular flexibility index (Phi) is 4.73. The second kappa shape index (κ2) is 6.52. The first-order chi connectivity index (χ1) is 8.85. The van der Waals surface area contributed by atoms with E-state index in [2.05, 4.69) is 10.4 Å². The van der Waals surface area contributed by atoms with E-state index in [4.69, 9.17) is 10.5 Å². The van der Waals surface area contributed by atoms with Crippen molar-refractivity contribution in [2.45, 2.75) is 19.3 Å². The van der Waals surface area contributed by atoms with Crippen LogP contribution in [0.25, 0.3) is 11.3 Å². The van der Waals surface area contributed by atoms with Crippen molar-refractivity contribution >= 4 is 11.3 Å². The smallest absolute Gasteiger partial charge is 0.128 e. The molecule has 0 aliphatic rings. The van der Waals surface area contributed by atoms with Crippen LogP contribution in [0.3, 0.4) is 0 Å². The molecule has 0 bridgehead atoms. The summed E-state index contributed by atoms with van der Waals surface area (Å²) in [6, 6.07) is 7.97. The third-order valence-corrected chi connectivity index (χ3v) is 3.69. The maximum Gasteiger partial charge on any atom is 0.128 e. The molecule has 4 heteroatoms. The number of hydrogen-bond acceptors (Lipinski definition) is 4. The molecule has 2 aromatic rings. The Morgan fingerprint density at radius 3 is 2.89 bits per heavy atom. The van der Waals surface area contributed by atoms with Gasteiger partial charge in [0, 0.05) is 10.9 Å². The van der Waals surface area contributed by atoms with E-state index in [9.17, 15) is 0 Å². The number of rotatable bonds is 6. The summed E-state index contributed by atoms with van der Waals surface area (Å²) in [6.07, 6.45) is 3.18. The lowest BCUT2D eigenvalue weighted by Crippen LogP contribution is -1.98. The van der Waals surface area contributed by atoms with Crippen LogP contribution in [-0.2, 0) is 6.42 Å². The zero-order chi connectivity index (χ0) is 12.8. The van der Waals surface area contributed by atoms with E-state index in [1.54, 1.807) is 18.4 Å². The van der Waals surface area contributed by atoms with Crippen LogP contribution in [0, 0.1) is 0 Å². The van der Waals surface area contributed by atoms with Crippen molar-refractivity contribution in [3.8, 4) is 17.0 Å². The van der Waals surface area contributed by atoms with E-state index >= 15 is 0 Å². The number of para-hydroxylation sites is 1. The number of nitrogens with zero attached hydrogens (tertiary/aromatic N) is 1. The molecule has 0 saturated heterocycles. The van der Waals surface area contributed by atoms with Gasteiger partial charge in [0.15, 0.2) is 0 Å². The summed E-state index contributed by atoms with van der Waals surface area (Å²) in [7, 11) is 1.69. The molecule has 0 unspecified atom stereocenters. The van der Waals surface area contributed by atoms with Crippen molar-refractivity contribution in [3.63, 3.8) is 0 Å². The highest BCUT2D eigenvalue weighted by Crippen LogP contribution is 2.30. The van der Waals surface area contributed by atoms with E-state index in [1.165, 1.54) is 5.01 Å². The van der Waals surface area contributed by atoms with Crippen LogP contribution in [0.5, 0.6) is 5.75 Å². The molecular formula is C14H18N2OS. The van der Waals surface area contributed by atoms with Crippen LogP contribution >= 0.6 is 11.3 Å². The lowest BCUT2D eigenvalue weighted by molar-refractivity contribution is 0.416. The molecule has 0 atom stereocenters. The van der Waals surface area contributed by atoms with Crippen LogP contribution in [0.15, 0.2) is 29.6 Å². The predicted molar refractivity (Wildman–Crippen MR) is 76.1 cm³/mol. The van der Waals surface area contributed by atoms with Gasteiger partial charge in [0.2, 0.25) is 0 Å². The zero-order valence-electron chi connectivity index (χ0n) is 10.6. The minimum atomic E-state index is 0.755. The number of thiazole rings is 1. The average molecular weight is 262 g/mol. The quantitative estimate of drug-likeness (QED) is 0.814. The van der Waals surface area contributed by atoms with E-state index in [0.717, 1.165) is 42.8 Å². The summed E-state index contributed by atoms with van der Waals surface area (Å²) in [6.45, 7) is 0.755. The fourth-order valence-electron chi connectivity index (χ4n) is 1.83. The van der Waals surface area contributed by atoms with E-state index in [1.807, 2.05) is 24.3 Å². The van der Waals surface area contributed by atoms with Crippen molar-refractivity contribution in [2.75, 3.05) is 13.7 Å². The summed E-state index contributed by atoms with van der Waals surface area (Å²) in [5.74, 6) is 0.872. The first-order valence-electron chi connectivity index (χ1n) is 6.13. The van der Waals surface area contributed by atoms with Gasteiger partial charge in [-0.3, -0.25) is 0 Å². The lowest BCUT2D eigenvalue weighted by Gasteiger charge is -2.04. The van der Waals surface area contributed by atoms with E-state index in [-0.39, 0.29) is 0 Å². The summed E-state index contributed by atoms with van der Waals surface area (Å²) in [5.41, 5.74) is 7.55. The number of unbranched alkanes of at least 4 members (excludes halogenated alkanes) is 1. The van der Waals surface area contributed by atoms with Crippen molar-refractivity contribution < 1.29 is 4.74 Å². The Bertz CT molecular complexity index is 496. The number of hydrogen-bond donors (Lipinski definition) is 1. The molecule has 96 valence electrons. The summed E-state index contributed by atoms with van der Waals surface area (Å²) in [4.78, 5) is 4.66. The van der Waals surface area contributed by atoms with Crippen LogP contribution in [0.1, 0.15) is 17.8 Å². The Morgan fingerprint density at radius 1 is 1.28 bits per heavy atom. The Balaban J connectivity index is 2.13. The maximum absolute atomic E-state index is 5.49. The van der Waals surface area contributed by atoms with Crippen molar-refractivity contribution in [3.05, 3.63) is 34.7 Å². The third-order valence-electron chi connectivity index (χ3n) is 2.78. The molecular weight excluding hydrogens is 244 g/mol. The summed E-state index contributed by atoms with van der Waals surface area (Å²) >= 11 is 1.71. The Hall–Kier alpha value is -1.39. The predicted octanol–water partition coefficient (Wildman–Crippen LogP) is 3.10. The molecule has 1 heterocycles. The van der Waals surface area contributed by atoms with Gasteiger partial charge in [-0.2, -0.15) is 0 Å². The lowest BCUT2D eigenvalue weighted by atomic mass is 10.1. The standard InChI is InChI=1S/C14H18N2OS/c1-17-13-7-3-2-6-11(13)12-10-18-14(16-12)8-4-5-9-15/h2-3,6-7,10H,4-5,8-9,15H2,1H3. The maximum atomic E-state index is 5.49. The molecule has 0 aliphatic carbocycles. The van der Waals surface area contributed by atoms with Crippen LogP contribution in [0.4, 0.5) is 0 Å². The molecule has 0 saturated carbocycles. The number of methoxy groups -OCH3 is 1. The third kappa shape index (κ3) is 3.09. The molecule has 0 spiro atoms. The SMILES string of the molecule is COc1ccccc1-c1csc(CCCCN)n1. The van der Waals surface area contributed by atoms with Crippen LogP contribution < -0.4 is 10.5 Å². The second-order valence-corrected chi connectivity index (χ2v) is 5.02. The van der Waals surface area contributed by atoms with E-state index < -0.39 is 0 Å². The summed E-state index contributed by atoms with van der Waals surface area (Å²) in [5, 5.41) is 3.26. The summed E-state index contributed by atoms with van der Waals surface area (Å²) < 4.78 is 5.36. The Labute approximate surface area is 112 Å². The number of aryl methyl sites for hydroxylation is 1. The van der Waals surface area contributed by atoms with Gasteiger partial charge < -0.3 is 10.5 Å². The van der Waals surface area contributed by atoms with Crippen LogP contribution in [-0.4, -0.2) is 18.6 Å². The highest BCUT2D eigenvalue weighted by molar-refractivity contribution is 7.09. The minimum absolute atomic E-state index is 0.755. The first kappa shape index (κ1) is 13.1. The van der Waals surface area contributed by atoms with Crippen molar-refractivity contribution in [2.24, 2.45) is 5.73 Å². The zero-order valence-corrected chi connectivity index (χ0v) is 11.4. The van der Waals surface area contributed by atoms with Gasteiger partial charge in [-0.25, -0.2) is 4.98 Å². The van der Waals surface area contributed by atoms with Gasteiger partial charge in [0.25, 0.3) is 0 Å². The topological polar surface area (TPSA) is 48.1 Å². The van der Waals surface area contributed by atoms with Gasteiger partial charge in [0.1, 0.15) is 5.75 Å². The molecule has 2 rings (SSSR count). The molecule has 0 aliphatic heterocycles. The number of aromatic nitrogens is 1. The number of nitrogens with two attached hydrogens (primary N) is 1. The molecule has 0 fully saturated rings. The van der Waals surface area contributed by atoms with Crippen LogP contribution in [0.2, 0.25) is 0 Å². The molecule has 2 N–H and O–H groups in total. The van der Waals surface area contributed by atoms with Gasteiger partial charge in [-0.1, -0.05) is 12.1 Å². The van der Waals surface area contributed by atoms with E-state index in [0.29, 0.717) is 0 Å². The molecule has 1 aromatic carbocycles. The normalized spacial score (nSPS) is 10.6. The van der Waals surface area contributed by atoms with Crippen molar-refractivity contribution in [1.82, 2.24) is 4.98 Å². The minimum Gasteiger partial charge on any atom is -0.496 e. The molecule has 3 nitrogen and oxygen atoms in total. The molecule has 0 radical (unpaired) electrons. The number of ether oxygens (including phenoxy) is 1. The molecule has 1 aromatic heterocycles. The first-order valence-corrected chi connectivity index (χ1v) is 7.01. The average Bonchev–Trinajstić information content (AvgIpc) is 2.88. The van der Waals surface area contributed by atoms with Crippen molar-refractivity contribution in [1.29, 1.82) is 0 Å². The molecule has 18 heavy (non-hydrogen) atoms. The Morgan fingerprint density at radius 2 is 2.11 bits per heavy atom. The highest BCUT2D eigenvalue weighted by atomic mass is 32.1. The van der Waals surface area contributed by atoms with Gasteiger partial charge in [0.05, 0.1) is 17.8 Å². The number of benzene rings is 1. The largest absolute Gasteiger partial charge is 0.496 e. The van der Waals surface area contributed by atoms with Gasteiger partial charge in [-0.05, 0) is 37.9 Å². The highest BCUT2D eigenvalue weighted by Gasteiger charge is 2.08. The fraction of sp³-hybridized carbons (Fsp3) is 0.357.